The molecule has 11 heavy (non-hydrogen) atoms. The minimum absolute atomic E-state index is 0.0252. The van der Waals surface area contributed by atoms with Gasteiger partial charge in [0.1, 0.15) is 5.75 Å². The molecular formula is C7H8BO3. The highest BCUT2D eigenvalue weighted by Gasteiger charge is 1.94. The molecule has 0 aromatic heterocycles. The van der Waals surface area contributed by atoms with Crippen molar-refractivity contribution in [3.8, 4) is 5.75 Å². The first-order valence-corrected chi connectivity index (χ1v) is 3.19. The van der Waals surface area contributed by atoms with Crippen LogP contribution in [0.3, 0.4) is 0 Å². The Kier molecular flexibility index (Phi) is 2.95. The van der Waals surface area contributed by atoms with Gasteiger partial charge in [-0.05, 0) is 17.7 Å². The van der Waals surface area contributed by atoms with Gasteiger partial charge in [0, 0.05) is 0 Å². The highest BCUT2D eigenvalue weighted by Crippen LogP contribution is 2.11. The summed E-state index contributed by atoms with van der Waals surface area (Å²) in [6.07, 6.45) is 0. The van der Waals surface area contributed by atoms with Crippen molar-refractivity contribution in [1.82, 2.24) is 0 Å². The summed E-state index contributed by atoms with van der Waals surface area (Å²) in [5, 5.41) is 17.0. The Morgan fingerprint density at radius 1 is 1.45 bits per heavy atom. The molecule has 0 unspecified atom stereocenters. The molecule has 0 saturated carbocycles. The van der Waals surface area contributed by atoms with Crippen LogP contribution in [0.15, 0.2) is 24.3 Å². The summed E-state index contributed by atoms with van der Waals surface area (Å²) in [5.41, 5.74) is 0.754. The molecule has 4 heteroatoms. The van der Waals surface area contributed by atoms with Crippen molar-refractivity contribution in [3.05, 3.63) is 29.8 Å². The first kappa shape index (κ1) is 8.10. The molecule has 0 saturated heterocycles. The monoisotopic (exact) mass is 151 g/mol. The lowest BCUT2D eigenvalue weighted by Crippen LogP contribution is -1.99. The second-order valence-electron chi connectivity index (χ2n) is 2.03. The lowest BCUT2D eigenvalue weighted by Gasteiger charge is -2.01. The Bertz CT molecular complexity index is 227. The summed E-state index contributed by atoms with van der Waals surface area (Å²) in [6.45, 7) is -0.0252. The summed E-state index contributed by atoms with van der Waals surface area (Å²) in [6, 6.07) is 6.84. The van der Waals surface area contributed by atoms with Crippen LogP contribution in [-0.2, 0) is 6.61 Å². The molecule has 0 aliphatic rings. The van der Waals surface area contributed by atoms with Crippen molar-refractivity contribution >= 4 is 7.69 Å². The molecule has 1 aromatic rings. The summed E-state index contributed by atoms with van der Waals surface area (Å²) in [5.74, 6) is 0.513. The Hall–Kier alpha value is -0.995. The molecule has 3 nitrogen and oxygen atoms in total. The fourth-order valence-corrected chi connectivity index (χ4v) is 0.778. The largest absolute Gasteiger partial charge is 0.569 e. The van der Waals surface area contributed by atoms with Crippen LogP contribution in [0.25, 0.3) is 0 Å². The predicted molar refractivity (Wildman–Crippen MR) is 41.0 cm³/mol. The van der Waals surface area contributed by atoms with Crippen LogP contribution < -0.4 is 4.65 Å². The SMILES string of the molecule is O[B]Oc1cccc(CO)c1. The van der Waals surface area contributed by atoms with Gasteiger partial charge in [0.2, 0.25) is 0 Å². The van der Waals surface area contributed by atoms with E-state index in [4.69, 9.17) is 10.1 Å². The molecule has 2 N–H and O–H groups in total. The Balaban J connectivity index is 2.74. The number of benzene rings is 1. The van der Waals surface area contributed by atoms with E-state index in [-0.39, 0.29) is 6.61 Å². The standard InChI is InChI=1S/C7H8BO3/c9-5-6-2-1-3-7(4-6)11-8-10/h1-4,9-10H,5H2. The second kappa shape index (κ2) is 4.00. The minimum atomic E-state index is -0.0252. The lowest BCUT2D eigenvalue weighted by atomic mass is 10.2. The molecule has 0 aliphatic carbocycles. The maximum absolute atomic E-state index is 8.70. The van der Waals surface area contributed by atoms with Gasteiger partial charge in [-0.1, -0.05) is 12.1 Å². The number of hydrogen-bond acceptors (Lipinski definition) is 3. The third-order valence-electron chi connectivity index (χ3n) is 1.27. The molecule has 57 valence electrons. The van der Waals surface area contributed by atoms with Crippen molar-refractivity contribution < 1.29 is 14.8 Å². The Labute approximate surface area is 65.6 Å². The first-order chi connectivity index (χ1) is 5.36. The van der Waals surface area contributed by atoms with Gasteiger partial charge in [0.15, 0.2) is 0 Å². The number of aliphatic hydroxyl groups is 1. The Morgan fingerprint density at radius 3 is 2.91 bits per heavy atom. The van der Waals surface area contributed by atoms with E-state index in [0.29, 0.717) is 13.4 Å². The summed E-state index contributed by atoms with van der Waals surface area (Å²) in [4.78, 5) is 0. The zero-order valence-corrected chi connectivity index (χ0v) is 5.90. The van der Waals surface area contributed by atoms with Gasteiger partial charge < -0.3 is 14.8 Å². The van der Waals surface area contributed by atoms with Gasteiger partial charge in [-0.25, -0.2) is 0 Å². The van der Waals surface area contributed by atoms with Gasteiger partial charge in [-0.3, -0.25) is 0 Å². The van der Waals surface area contributed by atoms with Gasteiger partial charge in [0.05, 0.1) is 6.61 Å². The smallest absolute Gasteiger partial charge is 0.537 e. The van der Waals surface area contributed by atoms with Crippen LogP contribution >= 0.6 is 0 Å². The van der Waals surface area contributed by atoms with E-state index in [0.717, 1.165) is 5.56 Å². The van der Waals surface area contributed by atoms with Gasteiger partial charge in [-0.2, -0.15) is 0 Å². The average molecular weight is 151 g/mol. The maximum Gasteiger partial charge on any atom is 0.569 e. The fourth-order valence-electron chi connectivity index (χ4n) is 0.778. The van der Waals surface area contributed by atoms with E-state index >= 15 is 0 Å². The highest BCUT2D eigenvalue weighted by atomic mass is 16.5. The number of hydrogen-bond donors (Lipinski definition) is 2. The summed E-state index contributed by atoms with van der Waals surface area (Å²) < 4.78 is 4.67. The second-order valence-corrected chi connectivity index (χ2v) is 2.03. The van der Waals surface area contributed by atoms with Crippen molar-refractivity contribution in [3.63, 3.8) is 0 Å². The van der Waals surface area contributed by atoms with E-state index < -0.39 is 0 Å². The predicted octanol–water partition coefficient (Wildman–Crippen LogP) is 0.0842. The molecule has 1 radical (unpaired) electrons. The van der Waals surface area contributed by atoms with E-state index in [1.807, 2.05) is 0 Å². The van der Waals surface area contributed by atoms with E-state index in [2.05, 4.69) is 4.65 Å². The molecule has 0 bridgehead atoms. The molecular weight excluding hydrogens is 143 g/mol. The van der Waals surface area contributed by atoms with Crippen molar-refractivity contribution in [2.45, 2.75) is 6.61 Å². The zero-order valence-electron chi connectivity index (χ0n) is 5.90. The summed E-state index contributed by atoms with van der Waals surface area (Å²) in [7, 11) is 0.608. The van der Waals surface area contributed by atoms with Crippen molar-refractivity contribution in [2.75, 3.05) is 0 Å². The highest BCUT2D eigenvalue weighted by molar-refractivity contribution is 6.17. The van der Waals surface area contributed by atoms with Crippen LogP contribution in [0.5, 0.6) is 5.75 Å². The van der Waals surface area contributed by atoms with Crippen LogP contribution in [0.1, 0.15) is 5.56 Å². The van der Waals surface area contributed by atoms with Crippen LogP contribution in [0.4, 0.5) is 0 Å². The molecule has 0 amide bonds. The average Bonchev–Trinajstić information content (AvgIpc) is 2.06. The Morgan fingerprint density at radius 2 is 2.27 bits per heavy atom. The van der Waals surface area contributed by atoms with E-state index in [1.165, 1.54) is 0 Å². The van der Waals surface area contributed by atoms with Gasteiger partial charge >= 0.3 is 7.69 Å². The number of rotatable bonds is 3. The number of aliphatic hydroxyl groups excluding tert-OH is 1. The van der Waals surface area contributed by atoms with Crippen LogP contribution in [0, 0.1) is 0 Å². The first-order valence-electron chi connectivity index (χ1n) is 3.19. The quantitative estimate of drug-likeness (QED) is 0.601. The zero-order chi connectivity index (χ0) is 8.10. The normalized spacial score (nSPS) is 9.27. The van der Waals surface area contributed by atoms with Crippen LogP contribution in [-0.4, -0.2) is 17.8 Å². The van der Waals surface area contributed by atoms with Gasteiger partial charge in [-0.15, -0.1) is 0 Å². The lowest BCUT2D eigenvalue weighted by molar-refractivity contribution is 0.281. The third kappa shape index (κ3) is 2.25. The topological polar surface area (TPSA) is 49.7 Å². The van der Waals surface area contributed by atoms with Crippen molar-refractivity contribution in [1.29, 1.82) is 0 Å². The maximum atomic E-state index is 8.70. The summed E-state index contributed by atoms with van der Waals surface area (Å²) >= 11 is 0. The van der Waals surface area contributed by atoms with Crippen LogP contribution in [0.2, 0.25) is 0 Å². The van der Waals surface area contributed by atoms with Gasteiger partial charge in [0.25, 0.3) is 0 Å². The molecule has 1 aromatic carbocycles. The molecule has 0 aliphatic heterocycles. The molecule has 0 heterocycles. The third-order valence-corrected chi connectivity index (χ3v) is 1.27. The van der Waals surface area contributed by atoms with Crippen molar-refractivity contribution in [2.24, 2.45) is 0 Å². The van der Waals surface area contributed by atoms with E-state index in [1.54, 1.807) is 24.3 Å². The van der Waals surface area contributed by atoms with E-state index in [9.17, 15) is 0 Å². The molecule has 0 atom stereocenters. The molecule has 1 rings (SSSR count). The minimum Gasteiger partial charge on any atom is -0.537 e. The fraction of sp³-hybridized carbons (Fsp3) is 0.143. The molecule has 0 spiro atoms. The molecule has 0 fully saturated rings.